The first-order valence-corrected chi connectivity index (χ1v) is 7.08. The van der Waals surface area contributed by atoms with Crippen molar-refractivity contribution in [3.05, 3.63) is 30.1 Å². The van der Waals surface area contributed by atoms with Crippen LogP contribution < -0.4 is 10.0 Å². The van der Waals surface area contributed by atoms with Crippen molar-refractivity contribution < 1.29 is 12.8 Å². The molecule has 0 fully saturated rings. The summed E-state index contributed by atoms with van der Waals surface area (Å²) in [6, 6.07) is 5.36. The first kappa shape index (κ1) is 13.9. The fourth-order valence-corrected chi connectivity index (χ4v) is 3.08. The molecule has 4 nitrogen and oxygen atoms in total. The SMILES string of the molecule is CCCS(=O)(=O)N(CCN)c1ccc(F)cc1. The summed E-state index contributed by atoms with van der Waals surface area (Å²) in [4.78, 5) is 0. The molecule has 1 aromatic carbocycles. The minimum absolute atomic E-state index is 0.0599. The lowest BCUT2D eigenvalue weighted by Gasteiger charge is -2.23. The van der Waals surface area contributed by atoms with E-state index in [9.17, 15) is 12.8 Å². The number of benzene rings is 1. The van der Waals surface area contributed by atoms with Crippen LogP contribution >= 0.6 is 0 Å². The number of sulfonamides is 1. The average molecular weight is 260 g/mol. The Labute approximate surface area is 101 Å². The zero-order valence-electron chi connectivity index (χ0n) is 9.77. The summed E-state index contributed by atoms with van der Waals surface area (Å²) in [5, 5.41) is 0. The van der Waals surface area contributed by atoms with Gasteiger partial charge in [-0.25, -0.2) is 12.8 Å². The van der Waals surface area contributed by atoms with E-state index in [1.807, 2.05) is 0 Å². The molecular formula is C11H17FN2O2S. The van der Waals surface area contributed by atoms with Gasteiger partial charge in [0.1, 0.15) is 5.82 Å². The van der Waals surface area contributed by atoms with Gasteiger partial charge in [-0.1, -0.05) is 6.92 Å². The number of anilines is 1. The second-order valence-electron chi connectivity index (χ2n) is 3.65. The molecule has 1 aromatic rings. The van der Waals surface area contributed by atoms with E-state index in [1.165, 1.54) is 28.6 Å². The molecule has 0 spiro atoms. The Morgan fingerprint density at radius 1 is 1.29 bits per heavy atom. The monoisotopic (exact) mass is 260 g/mol. The average Bonchev–Trinajstić information content (AvgIpc) is 2.27. The Bertz CT molecular complexity index is 445. The molecule has 17 heavy (non-hydrogen) atoms. The molecule has 0 saturated carbocycles. The third kappa shape index (κ3) is 3.67. The highest BCUT2D eigenvalue weighted by atomic mass is 32.2. The molecule has 0 bridgehead atoms. The van der Waals surface area contributed by atoms with Gasteiger partial charge in [-0.3, -0.25) is 4.31 Å². The van der Waals surface area contributed by atoms with Gasteiger partial charge in [-0.05, 0) is 30.7 Å². The molecule has 0 aliphatic rings. The number of hydrogen-bond acceptors (Lipinski definition) is 3. The van der Waals surface area contributed by atoms with Gasteiger partial charge in [0.05, 0.1) is 11.4 Å². The summed E-state index contributed by atoms with van der Waals surface area (Å²) < 4.78 is 38.0. The molecule has 1 rings (SSSR count). The van der Waals surface area contributed by atoms with Gasteiger partial charge >= 0.3 is 0 Å². The number of nitrogens with zero attached hydrogens (tertiary/aromatic N) is 1. The standard InChI is InChI=1S/C11H17FN2O2S/c1-2-9-17(15,16)14(8-7-13)11-5-3-10(12)4-6-11/h3-6H,2,7-9,13H2,1H3. The molecule has 96 valence electrons. The van der Waals surface area contributed by atoms with Crippen molar-refractivity contribution in [1.29, 1.82) is 0 Å². The van der Waals surface area contributed by atoms with E-state index in [1.54, 1.807) is 6.92 Å². The second kappa shape index (κ2) is 5.97. The van der Waals surface area contributed by atoms with E-state index in [2.05, 4.69) is 0 Å². The van der Waals surface area contributed by atoms with Gasteiger partial charge in [0, 0.05) is 13.1 Å². The summed E-state index contributed by atoms with van der Waals surface area (Å²) in [5.41, 5.74) is 5.86. The Kier molecular flexibility index (Phi) is 4.89. The Hall–Kier alpha value is -1.14. The van der Waals surface area contributed by atoms with E-state index < -0.39 is 15.8 Å². The molecule has 0 aliphatic carbocycles. The summed E-state index contributed by atoms with van der Waals surface area (Å²) in [6.45, 7) is 2.22. The third-order valence-electron chi connectivity index (χ3n) is 2.24. The molecule has 0 atom stereocenters. The topological polar surface area (TPSA) is 63.4 Å². The summed E-state index contributed by atoms with van der Waals surface area (Å²) in [5.74, 6) is -0.334. The quantitative estimate of drug-likeness (QED) is 0.839. The normalized spacial score (nSPS) is 11.5. The minimum atomic E-state index is -3.37. The zero-order valence-corrected chi connectivity index (χ0v) is 10.6. The van der Waals surface area contributed by atoms with Crippen LogP contribution in [0.2, 0.25) is 0 Å². The van der Waals surface area contributed by atoms with Crippen LogP contribution in [0.5, 0.6) is 0 Å². The first-order valence-electron chi connectivity index (χ1n) is 5.47. The van der Waals surface area contributed by atoms with E-state index in [0.717, 1.165) is 0 Å². The smallest absolute Gasteiger partial charge is 0.235 e. The molecule has 0 aromatic heterocycles. The summed E-state index contributed by atoms with van der Waals surface area (Å²) in [7, 11) is -3.37. The Balaban J connectivity index is 3.04. The fraction of sp³-hybridized carbons (Fsp3) is 0.455. The Morgan fingerprint density at radius 2 is 1.88 bits per heavy atom. The molecule has 0 heterocycles. The molecule has 6 heteroatoms. The van der Waals surface area contributed by atoms with E-state index >= 15 is 0 Å². The fourth-order valence-electron chi connectivity index (χ4n) is 1.52. The van der Waals surface area contributed by atoms with Crippen molar-refractivity contribution in [3.63, 3.8) is 0 Å². The van der Waals surface area contributed by atoms with Gasteiger partial charge in [-0.15, -0.1) is 0 Å². The molecule has 0 saturated heterocycles. The third-order valence-corrected chi connectivity index (χ3v) is 4.23. The molecular weight excluding hydrogens is 243 g/mol. The lowest BCUT2D eigenvalue weighted by atomic mass is 10.3. The van der Waals surface area contributed by atoms with Gasteiger partial charge in [0.2, 0.25) is 10.0 Å². The van der Waals surface area contributed by atoms with E-state index in [-0.39, 0.29) is 18.8 Å². The largest absolute Gasteiger partial charge is 0.329 e. The maximum absolute atomic E-state index is 12.8. The van der Waals surface area contributed by atoms with Crippen molar-refractivity contribution in [2.75, 3.05) is 23.1 Å². The molecule has 0 amide bonds. The van der Waals surface area contributed by atoms with Crippen molar-refractivity contribution in [3.8, 4) is 0 Å². The minimum Gasteiger partial charge on any atom is -0.329 e. The van der Waals surface area contributed by atoms with Crippen LogP contribution in [0.3, 0.4) is 0 Å². The van der Waals surface area contributed by atoms with E-state index in [0.29, 0.717) is 12.1 Å². The number of hydrogen-bond donors (Lipinski definition) is 1. The van der Waals surface area contributed by atoms with Gasteiger partial charge in [0.15, 0.2) is 0 Å². The van der Waals surface area contributed by atoms with Crippen molar-refractivity contribution >= 4 is 15.7 Å². The maximum Gasteiger partial charge on any atom is 0.235 e. The Morgan fingerprint density at radius 3 is 2.35 bits per heavy atom. The number of rotatable bonds is 6. The lowest BCUT2D eigenvalue weighted by molar-refractivity contribution is 0.589. The molecule has 2 N–H and O–H groups in total. The zero-order chi connectivity index (χ0) is 12.9. The van der Waals surface area contributed by atoms with Crippen molar-refractivity contribution in [1.82, 2.24) is 0 Å². The lowest BCUT2D eigenvalue weighted by Crippen LogP contribution is -2.36. The highest BCUT2D eigenvalue weighted by Crippen LogP contribution is 2.18. The summed E-state index contributed by atoms with van der Waals surface area (Å²) in [6.07, 6.45) is 0.532. The van der Waals surface area contributed by atoms with Crippen molar-refractivity contribution in [2.45, 2.75) is 13.3 Å². The predicted molar refractivity (Wildman–Crippen MR) is 66.9 cm³/mol. The van der Waals surface area contributed by atoms with Gasteiger partial charge in [0.25, 0.3) is 0 Å². The highest BCUT2D eigenvalue weighted by Gasteiger charge is 2.20. The molecule has 0 unspecified atom stereocenters. The molecule has 0 radical (unpaired) electrons. The second-order valence-corrected chi connectivity index (χ2v) is 5.67. The van der Waals surface area contributed by atoms with Crippen LogP contribution in [0.1, 0.15) is 13.3 Å². The van der Waals surface area contributed by atoms with Crippen LogP contribution in [-0.2, 0) is 10.0 Å². The maximum atomic E-state index is 12.8. The van der Waals surface area contributed by atoms with Crippen LogP contribution in [0.15, 0.2) is 24.3 Å². The van der Waals surface area contributed by atoms with Gasteiger partial charge < -0.3 is 5.73 Å². The van der Waals surface area contributed by atoms with E-state index in [4.69, 9.17) is 5.73 Å². The van der Waals surface area contributed by atoms with Gasteiger partial charge in [-0.2, -0.15) is 0 Å². The van der Waals surface area contributed by atoms with Crippen LogP contribution in [0, 0.1) is 5.82 Å². The number of nitrogens with two attached hydrogens (primary N) is 1. The molecule has 0 aliphatic heterocycles. The number of halogens is 1. The summed E-state index contributed by atoms with van der Waals surface area (Å²) >= 11 is 0. The predicted octanol–water partition coefficient (Wildman–Crippen LogP) is 1.33. The van der Waals surface area contributed by atoms with Crippen molar-refractivity contribution in [2.24, 2.45) is 5.73 Å². The van der Waals surface area contributed by atoms with Crippen LogP contribution in [0.4, 0.5) is 10.1 Å². The van der Waals surface area contributed by atoms with Crippen LogP contribution in [0.25, 0.3) is 0 Å². The first-order chi connectivity index (χ1) is 8.01. The highest BCUT2D eigenvalue weighted by molar-refractivity contribution is 7.92. The van der Waals surface area contributed by atoms with Crippen LogP contribution in [-0.4, -0.2) is 27.3 Å².